The minimum absolute atomic E-state index is 0.0260. The molecule has 2 aromatic carbocycles. The van der Waals surface area contributed by atoms with E-state index in [9.17, 15) is 9.18 Å². The van der Waals surface area contributed by atoms with Gasteiger partial charge in [0.05, 0.1) is 0 Å². The molecule has 0 saturated carbocycles. The largest absolute Gasteiger partial charge is 0.334 e. The van der Waals surface area contributed by atoms with E-state index < -0.39 is 0 Å². The molecular weight excluding hydrogens is 369 g/mol. The number of anilines is 1. The Balaban J connectivity index is 1.52. The van der Waals surface area contributed by atoms with Crippen LogP contribution in [0.1, 0.15) is 50.1 Å². The third-order valence-electron chi connectivity index (χ3n) is 5.38. The van der Waals surface area contributed by atoms with Gasteiger partial charge in [-0.3, -0.25) is 4.79 Å². The second-order valence-electron chi connectivity index (χ2n) is 8.62. The minimum atomic E-state index is -0.280. The van der Waals surface area contributed by atoms with E-state index in [0.717, 1.165) is 5.56 Å². The molecule has 0 aliphatic carbocycles. The molecule has 150 valence electrons. The molecule has 1 saturated heterocycles. The summed E-state index contributed by atoms with van der Waals surface area (Å²) >= 11 is 0. The highest BCUT2D eigenvalue weighted by molar-refractivity contribution is 5.96. The topological polar surface area (TPSA) is 59.2 Å². The number of amides is 1. The quantitative estimate of drug-likeness (QED) is 0.628. The van der Waals surface area contributed by atoms with Gasteiger partial charge in [0.2, 0.25) is 5.91 Å². The third kappa shape index (κ3) is 3.79. The molecule has 1 amide bonds. The van der Waals surface area contributed by atoms with E-state index in [0.29, 0.717) is 35.9 Å². The second kappa shape index (κ2) is 7.10. The van der Waals surface area contributed by atoms with Crippen molar-refractivity contribution < 1.29 is 13.7 Å². The Kier molecular flexibility index (Phi) is 4.73. The Morgan fingerprint density at radius 2 is 1.86 bits per heavy atom. The van der Waals surface area contributed by atoms with Crippen LogP contribution in [0.15, 0.2) is 47.0 Å². The van der Waals surface area contributed by atoms with Crippen LogP contribution in [0.3, 0.4) is 0 Å². The number of nitrogens with zero attached hydrogens (tertiary/aromatic N) is 3. The molecule has 29 heavy (non-hydrogen) atoms. The molecule has 1 unspecified atom stereocenters. The monoisotopic (exact) mass is 393 g/mol. The zero-order valence-electron chi connectivity index (χ0n) is 17.1. The van der Waals surface area contributed by atoms with Crippen LogP contribution in [0.5, 0.6) is 0 Å². The highest BCUT2D eigenvalue weighted by Crippen LogP contribution is 2.32. The second-order valence-corrected chi connectivity index (χ2v) is 8.62. The van der Waals surface area contributed by atoms with Crippen molar-refractivity contribution in [3.63, 3.8) is 0 Å². The normalized spacial score (nSPS) is 17.2. The lowest BCUT2D eigenvalue weighted by atomic mass is 9.87. The van der Waals surface area contributed by atoms with Crippen molar-refractivity contribution in [3.05, 3.63) is 65.2 Å². The average Bonchev–Trinajstić information content (AvgIpc) is 3.30. The molecule has 0 bridgehead atoms. The number of aryl methyl sites for hydroxylation is 1. The van der Waals surface area contributed by atoms with Gasteiger partial charge in [-0.25, -0.2) is 4.39 Å². The predicted molar refractivity (Wildman–Crippen MR) is 109 cm³/mol. The van der Waals surface area contributed by atoms with Crippen molar-refractivity contribution in [1.29, 1.82) is 0 Å². The van der Waals surface area contributed by atoms with Crippen LogP contribution in [0, 0.1) is 12.7 Å². The molecule has 1 atom stereocenters. The van der Waals surface area contributed by atoms with E-state index in [-0.39, 0.29) is 23.1 Å². The van der Waals surface area contributed by atoms with E-state index in [1.165, 1.54) is 11.6 Å². The van der Waals surface area contributed by atoms with Crippen LogP contribution in [-0.4, -0.2) is 22.6 Å². The van der Waals surface area contributed by atoms with Gasteiger partial charge >= 0.3 is 0 Å². The summed E-state index contributed by atoms with van der Waals surface area (Å²) in [7, 11) is 0. The molecule has 0 spiro atoms. The van der Waals surface area contributed by atoms with Crippen molar-refractivity contribution >= 4 is 11.6 Å². The van der Waals surface area contributed by atoms with Gasteiger partial charge in [0, 0.05) is 30.1 Å². The zero-order valence-corrected chi connectivity index (χ0v) is 17.1. The first-order chi connectivity index (χ1) is 13.7. The van der Waals surface area contributed by atoms with Crippen LogP contribution in [0.2, 0.25) is 0 Å². The molecule has 0 N–H and O–H groups in total. The van der Waals surface area contributed by atoms with E-state index in [1.54, 1.807) is 24.0 Å². The summed E-state index contributed by atoms with van der Waals surface area (Å²) in [6.45, 7) is 8.63. The number of halogens is 1. The Morgan fingerprint density at radius 3 is 2.52 bits per heavy atom. The Hall–Kier alpha value is -3.02. The number of hydrogen-bond donors (Lipinski definition) is 0. The summed E-state index contributed by atoms with van der Waals surface area (Å²) < 4.78 is 19.0. The zero-order chi connectivity index (χ0) is 20.8. The number of aromatic nitrogens is 2. The standard InChI is InChI=1S/C23H24FN3O2/c1-14-11-18(9-10-19(14)24)27-13-16(12-20(27)28)21-25-22(29-26-21)15-5-7-17(8-6-15)23(2,3)4/h5-11,16H,12-13H2,1-4H3. The summed E-state index contributed by atoms with van der Waals surface area (Å²) in [5.74, 6) is 0.511. The molecule has 1 aromatic heterocycles. The number of rotatable bonds is 3. The van der Waals surface area contributed by atoms with Gasteiger partial charge in [-0.15, -0.1) is 0 Å². The van der Waals surface area contributed by atoms with E-state index in [2.05, 4.69) is 43.0 Å². The third-order valence-corrected chi connectivity index (χ3v) is 5.38. The smallest absolute Gasteiger partial charge is 0.257 e. The first-order valence-corrected chi connectivity index (χ1v) is 9.73. The predicted octanol–water partition coefficient (Wildman–Crippen LogP) is 5.00. The van der Waals surface area contributed by atoms with Crippen molar-refractivity contribution in [1.82, 2.24) is 10.1 Å². The van der Waals surface area contributed by atoms with E-state index >= 15 is 0 Å². The highest BCUT2D eigenvalue weighted by atomic mass is 19.1. The maximum atomic E-state index is 13.5. The van der Waals surface area contributed by atoms with E-state index in [4.69, 9.17) is 4.52 Å². The number of carbonyl (C=O) groups excluding carboxylic acids is 1. The van der Waals surface area contributed by atoms with Gasteiger partial charge in [0.15, 0.2) is 5.82 Å². The van der Waals surface area contributed by atoms with Crippen LogP contribution in [0.4, 0.5) is 10.1 Å². The number of hydrogen-bond acceptors (Lipinski definition) is 4. The molecule has 6 heteroatoms. The number of carbonyl (C=O) groups is 1. The minimum Gasteiger partial charge on any atom is -0.334 e. The van der Waals surface area contributed by atoms with E-state index in [1.807, 2.05) is 12.1 Å². The molecule has 1 fully saturated rings. The van der Waals surface area contributed by atoms with Crippen molar-refractivity contribution in [2.75, 3.05) is 11.4 Å². The maximum Gasteiger partial charge on any atom is 0.257 e. The summed E-state index contributed by atoms with van der Waals surface area (Å²) in [5.41, 5.74) is 3.36. The lowest BCUT2D eigenvalue weighted by molar-refractivity contribution is -0.117. The first kappa shape index (κ1) is 19.3. The summed E-state index contributed by atoms with van der Waals surface area (Å²) in [5, 5.41) is 4.11. The molecule has 0 radical (unpaired) electrons. The van der Waals surface area contributed by atoms with Crippen LogP contribution < -0.4 is 4.90 Å². The summed E-state index contributed by atoms with van der Waals surface area (Å²) in [6, 6.07) is 12.8. The summed E-state index contributed by atoms with van der Waals surface area (Å²) in [6.07, 6.45) is 0.304. The van der Waals surface area contributed by atoms with Crippen molar-refractivity contribution in [2.45, 2.75) is 45.4 Å². The average molecular weight is 393 g/mol. The lowest BCUT2D eigenvalue weighted by Gasteiger charge is -2.18. The van der Waals surface area contributed by atoms with Crippen LogP contribution >= 0.6 is 0 Å². The molecule has 1 aliphatic heterocycles. The Labute approximate surface area is 169 Å². The van der Waals surface area contributed by atoms with Crippen molar-refractivity contribution in [3.8, 4) is 11.5 Å². The van der Waals surface area contributed by atoms with Crippen LogP contribution in [-0.2, 0) is 10.2 Å². The number of benzene rings is 2. The maximum absolute atomic E-state index is 13.5. The molecule has 2 heterocycles. The van der Waals surface area contributed by atoms with Gasteiger partial charge in [-0.2, -0.15) is 4.98 Å². The SMILES string of the molecule is Cc1cc(N2CC(c3noc(-c4ccc(C(C)(C)C)cc4)n3)CC2=O)ccc1F. The lowest BCUT2D eigenvalue weighted by Crippen LogP contribution is -2.24. The molecule has 4 rings (SSSR count). The molecule has 5 nitrogen and oxygen atoms in total. The fourth-order valence-corrected chi connectivity index (χ4v) is 3.56. The fraction of sp³-hybridized carbons (Fsp3) is 0.348. The highest BCUT2D eigenvalue weighted by Gasteiger charge is 2.34. The Bertz CT molecular complexity index is 1050. The molecular formula is C23H24FN3O2. The van der Waals surface area contributed by atoms with Gasteiger partial charge in [-0.05, 0) is 53.8 Å². The molecule has 1 aliphatic rings. The summed E-state index contributed by atoms with van der Waals surface area (Å²) in [4.78, 5) is 18.7. The van der Waals surface area contributed by atoms with Gasteiger partial charge < -0.3 is 9.42 Å². The van der Waals surface area contributed by atoms with Crippen LogP contribution in [0.25, 0.3) is 11.5 Å². The first-order valence-electron chi connectivity index (χ1n) is 9.73. The molecule has 3 aromatic rings. The van der Waals surface area contributed by atoms with Gasteiger partial charge in [0.25, 0.3) is 5.89 Å². The fourth-order valence-electron chi connectivity index (χ4n) is 3.56. The Morgan fingerprint density at radius 1 is 1.14 bits per heavy atom. The van der Waals surface area contributed by atoms with Gasteiger partial charge in [-0.1, -0.05) is 38.1 Å². The van der Waals surface area contributed by atoms with Gasteiger partial charge in [0.1, 0.15) is 5.82 Å². The van der Waals surface area contributed by atoms with Crippen molar-refractivity contribution in [2.24, 2.45) is 0 Å².